The molecule has 0 aliphatic heterocycles. The molecule has 0 amide bonds. The average molecular weight is 227 g/mol. The Balaban J connectivity index is 3.37. The molecule has 0 fully saturated rings. The maximum absolute atomic E-state index is 11.7. The fraction of sp³-hybridized carbons (Fsp3) is 0.273. The number of rotatable bonds is 3. The Kier molecular flexibility index (Phi) is 3.48. The normalized spacial score (nSPS) is 12.2. The van der Waals surface area contributed by atoms with Crippen molar-refractivity contribution >= 4 is 23.4 Å². The van der Waals surface area contributed by atoms with E-state index in [-0.39, 0.29) is 16.9 Å². The van der Waals surface area contributed by atoms with Gasteiger partial charge in [0.2, 0.25) is 0 Å². The summed E-state index contributed by atoms with van der Waals surface area (Å²) in [5, 5.41) is 8.21. The first-order chi connectivity index (χ1) is 6.95. The number of benzene rings is 1. The predicted molar refractivity (Wildman–Crippen MR) is 57.8 cm³/mol. The number of carbonyl (C=O) groups excluding carboxylic acids is 1. The first kappa shape index (κ1) is 11.7. The summed E-state index contributed by atoms with van der Waals surface area (Å²) in [6, 6.07) is 4.70. The second-order valence-corrected chi connectivity index (χ2v) is 3.94. The molecule has 0 saturated heterocycles. The van der Waals surface area contributed by atoms with Gasteiger partial charge < -0.3 is 5.11 Å². The minimum absolute atomic E-state index is 0.00694. The van der Waals surface area contributed by atoms with Crippen LogP contribution in [0.1, 0.15) is 33.2 Å². The lowest BCUT2D eigenvalue weighted by molar-refractivity contribution is 0.0692. The van der Waals surface area contributed by atoms with Crippen LogP contribution in [0.5, 0.6) is 0 Å². The summed E-state index contributed by atoms with van der Waals surface area (Å²) in [6.45, 7) is 3.22. The van der Waals surface area contributed by atoms with E-state index in [1.807, 2.05) is 0 Å². The Labute approximate surface area is 92.7 Å². The molecule has 0 aromatic heterocycles. The number of hydrogen-bond acceptors (Lipinski definition) is 2. The summed E-state index contributed by atoms with van der Waals surface area (Å²) in [5.74, 6) is -1.47. The molecule has 4 heteroatoms. The highest BCUT2D eigenvalue weighted by molar-refractivity contribution is 6.34. The van der Waals surface area contributed by atoms with Crippen molar-refractivity contribution in [2.75, 3.05) is 0 Å². The van der Waals surface area contributed by atoms with Crippen LogP contribution < -0.4 is 0 Å². The van der Waals surface area contributed by atoms with Crippen molar-refractivity contribution in [2.45, 2.75) is 19.2 Å². The molecule has 0 bridgehead atoms. The summed E-state index contributed by atoms with van der Waals surface area (Å²) in [5.41, 5.74) is 0.840. The van der Waals surface area contributed by atoms with Gasteiger partial charge in [0.25, 0.3) is 0 Å². The van der Waals surface area contributed by atoms with Gasteiger partial charge in [0, 0.05) is 5.56 Å². The molecule has 1 rings (SSSR count). The second kappa shape index (κ2) is 4.45. The van der Waals surface area contributed by atoms with Crippen LogP contribution in [-0.4, -0.2) is 22.2 Å². The van der Waals surface area contributed by atoms with Crippen LogP contribution in [-0.2, 0) is 0 Å². The molecule has 0 saturated carbocycles. The van der Waals surface area contributed by atoms with Crippen LogP contribution in [0.15, 0.2) is 18.2 Å². The number of alkyl halides is 1. The summed E-state index contributed by atoms with van der Waals surface area (Å²) >= 11 is 5.67. The van der Waals surface area contributed by atoms with E-state index >= 15 is 0 Å². The molecule has 1 aromatic carbocycles. The van der Waals surface area contributed by atoms with Crippen LogP contribution in [0.2, 0.25) is 0 Å². The topological polar surface area (TPSA) is 54.4 Å². The van der Waals surface area contributed by atoms with Crippen LogP contribution >= 0.6 is 11.6 Å². The molecule has 0 radical (unpaired) electrons. The molecule has 0 aliphatic carbocycles. The third kappa shape index (κ3) is 2.36. The smallest absolute Gasteiger partial charge is 0.336 e. The third-order valence-corrected chi connectivity index (χ3v) is 2.31. The van der Waals surface area contributed by atoms with E-state index in [0.717, 1.165) is 0 Å². The van der Waals surface area contributed by atoms with Crippen LogP contribution in [0, 0.1) is 6.92 Å². The maximum Gasteiger partial charge on any atom is 0.336 e. The monoisotopic (exact) mass is 226 g/mol. The van der Waals surface area contributed by atoms with Crippen LogP contribution in [0.3, 0.4) is 0 Å². The lowest BCUT2D eigenvalue weighted by Crippen LogP contribution is -2.17. The number of Topliss-reactive ketones (excluding diaryl/α,β-unsaturated/α-hetero) is 1. The number of aryl methyl sites for hydroxylation is 1. The van der Waals surface area contributed by atoms with Crippen molar-refractivity contribution in [3.05, 3.63) is 34.9 Å². The number of aromatic carboxylic acids is 1. The molecule has 0 heterocycles. The van der Waals surface area contributed by atoms with Crippen molar-refractivity contribution in [3.8, 4) is 0 Å². The summed E-state index contributed by atoms with van der Waals surface area (Å²) in [4.78, 5) is 22.6. The number of carboxylic acid groups (broad SMARTS) is 1. The largest absolute Gasteiger partial charge is 0.478 e. The molecule has 3 nitrogen and oxygen atoms in total. The fourth-order valence-corrected chi connectivity index (χ4v) is 1.48. The molecular weight excluding hydrogens is 216 g/mol. The van der Waals surface area contributed by atoms with E-state index in [4.69, 9.17) is 16.7 Å². The van der Waals surface area contributed by atoms with Crippen LogP contribution in [0.25, 0.3) is 0 Å². The minimum atomic E-state index is -1.11. The zero-order valence-corrected chi connectivity index (χ0v) is 9.21. The highest BCUT2D eigenvalue weighted by Crippen LogP contribution is 2.18. The van der Waals surface area contributed by atoms with Crippen molar-refractivity contribution in [2.24, 2.45) is 0 Å². The third-order valence-electron chi connectivity index (χ3n) is 2.11. The number of halogens is 1. The Morgan fingerprint density at radius 3 is 2.47 bits per heavy atom. The van der Waals surface area contributed by atoms with Gasteiger partial charge in [0.05, 0.1) is 10.9 Å². The highest BCUT2D eigenvalue weighted by atomic mass is 35.5. The quantitative estimate of drug-likeness (QED) is 0.637. The molecule has 0 spiro atoms. The first-order valence-electron chi connectivity index (χ1n) is 4.46. The summed E-state index contributed by atoms with van der Waals surface area (Å²) in [7, 11) is 0. The Morgan fingerprint density at radius 1 is 1.40 bits per heavy atom. The Morgan fingerprint density at radius 2 is 2.00 bits per heavy atom. The van der Waals surface area contributed by atoms with Crippen molar-refractivity contribution in [1.82, 2.24) is 0 Å². The van der Waals surface area contributed by atoms with Gasteiger partial charge in [-0.25, -0.2) is 4.79 Å². The molecular formula is C11H11ClO3. The van der Waals surface area contributed by atoms with Gasteiger partial charge in [-0.2, -0.15) is 0 Å². The van der Waals surface area contributed by atoms with Gasteiger partial charge in [0.15, 0.2) is 5.78 Å². The lowest BCUT2D eigenvalue weighted by atomic mass is 9.97. The van der Waals surface area contributed by atoms with Gasteiger partial charge in [-0.15, -0.1) is 11.6 Å². The van der Waals surface area contributed by atoms with Crippen LogP contribution in [0.4, 0.5) is 0 Å². The second-order valence-electron chi connectivity index (χ2n) is 3.28. The first-order valence-corrected chi connectivity index (χ1v) is 4.90. The zero-order valence-electron chi connectivity index (χ0n) is 8.45. The number of hydrogen-bond donors (Lipinski definition) is 1. The highest BCUT2D eigenvalue weighted by Gasteiger charge is 2.21. The van der Waals surface area contributed by atoms with Gasteiger partial charge >= 0.3 is 5.97 Å². The van der Waals surface area contributed by atoms with E-state index in [2.05, 4.69) is 0 Å². The van der Waals surface area contributed by atoms with Gasteiger partial charge in [-0.3, -0.25) is 4.79 Å². The van der Waals surface area contributed by atoms with Gasteiger partial charge in [-0.1, -0.05) is 12.1 Å². The van der Waals surface area contributed by atoms with Crippen molar-refractivity contribution in [3.63, 3.8) is 0 Å². The SMILES string of the molecule is Cc1cccc(C(=O)O)c1C(=O)C(C)Cl. The Hall–Kier alpha value is -1.35. The maximum atomic E-state index is 11.7. The summed E-state index contributed by atoms with van der Waals surface area (Å²) < 4.78 is 0. The molecule has 1 N–H and O–H groups in total. The van der Waals surface area contributed by atoms with Gasteiger partial charge in [0.1, 0.15) is 0 Å². The van der Waals surface area contributed by atoms with E-state index < -0.39 is 11.3 Å². The number of carboxylic acids is 1. The fourth-order valence-electron chi connectivity index (χ4n) is 1.37. The number of ketones is 1. The number of carbonyl (C=O) groups is 2. The van der Waals surface area contributed by atoms with E-state index in [1.54, 1.807) is 19.1 Å². The Bertz CT molecular complexity index is 410. The van der Waals surface area contributed by atoms with E-state index in [1.165, 1.54) is 13.0 Å². The lowest BCUT2D eigenvalue weighted by Gasteiger charge is -2.09. The molecule has 1 aromatic rings. The van der Waals surface area contributed by atoms with Crippen molar-refractivity contribution < 1.29 is 14.7 Å². The summed E-state index contributed by atoms with van der Waals surface area (Å²) in [6.07, 6.45) is 0. The molecule has 1 atom stereocenters. The van der Waals surface area contributed by atoms with E-state index in [0.29, 0.717) is 5.56 Å². The molecule has 0 aliphatic rings. The predicted octanol–water partition coefficient (Wildman–Crippen LogP) is 2.50. The average Bonchev–Trinajstić information content (AvgIpc) is 2.16. The van der Waals surface area contributed by atoms with E-state index in [9.17, 15) is 9.59 Å². The molecule has 1 unspecified atom stereocenters. The standard InChI is InChI=1S/C11H11ClO3/c1-6-4-3-5-8(11(14)15)9(6)10(13)7(2)12/h3-5,7H,1-2H3,(H,14,15). The van der Waals surface area contributed by atoms with Gasteiger partial charge in [-0.05, 0) is 25.5 Å². The van der Waals surface area contributed by atoms with Crippen molar-refractivity contribution in [1.29, 1.82) is 0 Å². The zero-order chi connectivity index (χ0) is 11.6. The molecule has 15 heavy (non-hydrogen) atoms. The minimum Gasteiger partial charge on any atom is -0.478 e. The molecule has 80 valence electrons.